The van der Waals surface area contributed by atoms with Gasteiger partial charge in [0.2, 0.25) is 5.91 Å². The summed E-state index contributed by atoms with van der Waals surface area (Å²) in [5.74, 6) is 1.29. The monoisotopic (exact) mass is 417 g/mol. The molecule has 1 aromatic carbocycles. The largest absolute Gasteiger partial charge is 0.487 e. The van der Waals surface area contributed by atoms with Crippen LogP contribution in [-0.4, -0.2) is 42.6 Å². The Kier molecular flexibility index (Phi) is 5.67. The van der Waals surface area contributed by atoms with Crippen LogP contribution in [-0.2, 0) is 11.3 Å². The van der Waals surface area contributed by atoms with E-state index in [1.165, 1.54) is 0 Å². The highest BCUT2D eigenvalue weighted by atomic mass is 35.5. The topological polar surface area (TPSA) is 75.0 Å². The van der Waals surface area contributed by atoms with Crippen LogP contribution < -0.4 is 15.0 Å². The van der Waals surface area contributed by atoms with Gasteiger partial charge in [0.05, 0.1) is 25.0 Å². The van der Waals surface area contributed by atoms with Gasteiger partial charge in [-0.05, 0) is 50.1 Å². The van der Waals surface area contributed by atoms with E-state index in [1.54, 1.807) is 40.3 Å². The van der Waals surface area contributed by atoms with E-state index in [0.29, 0.717) is 55.5 Å². The van der Waals surface area contributed by atoms with Gasteiger partial charge in [-0.1, -0.05) is 11.6 Å². The Balaban J connectivity index is 1.36. The number of urea groups is 1. The zero-order valence-electron chi connectivity index (χ0n) is 16.3. The van der Waals surface area contributed by atoms with Crippen molar-refractivity contribution in [3.8, 4) is 5.75 Å². The molecule has 2 aliphatic heterocycles. The molecule has 0 aliphatic carbocycles. The molecule has 0 saturated carbocycles. The first-order valence-electron chi connectivity index (χ1n) is 9.84. The quantitative estimate of drug-likeness (QED) is 0.826. The molecule has 0 radical (unpaired) electrons. The fourth-order valence-electron chi connectivity index (χ4n) is 3.83. The van der Waals surface area contributed by atoms with Crippen molar-refractivity contribution in [3.05, 3.63) is 47.4 Å². The van der Waals surface area contributed by atoms with Crippen molar-refractivity contribution < 1.29 is 18.7 Å². The Morgan fingerprint density at radius 2 is 2.03 bits per heavy atom. The second kappa shape index (κ2) is 8.37. The van der Waals surface area contributed by atoms with Gasteiger partial charge in [-0.15, -0.1) is 0 Å². The lowest BCUT2D eigenvalue weighted by Gasteiger charge is -2.39. The lowest BCUT2D eigenvalue weighted by molar-refractivity contribution is -0.126. The van der Waals surface area contributed by atoms with Gasteiger partial charge in [-0.3, -0.25) is 9.69 Å². The summed E-state index contributed by atoms with van der Waals surface area (Å²) in [5.41, 5.74) is 0.693. The molecule has 1 aromatic heterocycles. The van der Waals surface area contributed by atoms with Crippen LogP contribution in [0.1, 0.15) is 25.5 Å². The first-order chi connectivity index (χ1) is 14.0. The Hall–Kier alpha value is -2.67. The second-order valence-electron chi connectivity index (χ2n) is 7.49. The molecule has 3 amide bonds. The molecule has 4 rings (SSSR count). The van der Waals surface area contributed by atoms with Crippen molar-refractivity contribution in [3.63, 3.8) is 0 Å². The zero-order chi connectivity index (χ0) is 20.4. The Morgan fingerprint density at radius 1 is 1.24 bits per heavy atom. The number of hydrogen-bond acceptors (Lipinski definition) is 4. The standard InChI is InChI=1S/C21H24ClN3O4/c1-14-13-25(18-11-16(22)4-5-19(18)29-14)21(27)24-8-6-15(7-9-24)20(26)23-12-17-3-2-10-28-17/h2-5,10-11,14-15H,6-9,12-13H2,1H3,(H,23,26). The molecule has 154 valence electrons. The molecule has 2 aliphatic rings. The number of piperidine rings is 1. The van der Waals surface area contributed by atoms with Gasteiger partial charge in [-0.25, -0.2) is 4.79 Å². The summed E-state index contributed by atoms with van der Waals surface area (Å²) in [6.07, 6.45) is 2.76. The fraction of sp³-hybridized carbons (Fsp3) is 0.429. The number of anilines is 1. The van der Waals surface area contributed by atoms with Crippen LogP contribution in [0.5, 0.6) is 5.75 Å². The molecule has 0 spiro atoms. The molecule has 7 nitrogen and oxygen atoms in total. The lowest BCUT2D eigenvalue weighted by Crippen LogP contribution is -2.52. The summed E-state index contributed by atoms with van der Waals surface area (Å²) in [5, 5.41) is 3.47. The van der Waals surface area contributed by atoms with Gasteiger partial charge in [0.15, 0.2) is 0 Å². The predicted octanol–water partition coefficient (Wildman–Crippen LogP) is 3.67. The number of hydrogen-bond donors (Lipinski definition) is 1. The summed E-state index contributed by atoms with van der Waals surface area (Å²) in [4.78, 5) is 29.1. The van der Waals surface area contributed by atoms with Crippen LogP contribution in [0.4, 0.5) is 10.5 Å². The number of fused-ring (bicyclic) bond motifs is 1. The van der Waals surface area contributed by atoms with Crippen molar-refractivity contribution in [1.82, 2.24) is 10.2 Å². The van der Waals surface area contributed by atoms with Crippen molar-refractivity contribution in [2.45, 2.75) is 32.4 Å². The van der Waals surface area contributed by atoms with Gasteiger partial charge in [-0.2, -0.15) is 0 Å². The van der Waals surface area contributed by atoms with E-state index in [4.69, 9.17) is 20.8 Å². The number of ether oxygens (including phenoxy) is 1. The summed E-state index contributed by atoms with van der Waals surface area (Å²) >= 11 is 6.13. The molecule has 29 heavy (non-hydrogen) atoms. The average Bonchev–Trinajstić information content (AvgIpc) is 3.25. The average molecular weight is 418 g/mol. The molecule has 1 unspecified atom stereocenters. The summed E-state index contributed by atoms with van der Waals surface area (Å²) in [6, 6.07) is 8.86. The molecule has 8 heteroatoms. The molecule has 1 atom stereocenters. The lowest BCUT2D eigenvalue weighted by atomic mass is 9.96. The van der Waals surface area contributed by atoms with Crippen molar-refractivity contribution in [2.24, 2.45) is 5.92 Å². The van der Waals surface area contributed by atoms with E-state index in [2.05, 4.69) is 5.32 Å². The summed E-state index contributed by atoms with van der Waals surface area (Å²) < 4.78 is 11.1. The first kappa shape index (κ1) is 19.6. The van der Waals surface area contributed by atoms with Crippen LogP contribution in [0.25, 0.3) is 0 Å². The second-order valence-corrected chi connectivity index (χ2v) is 7.93. The number of likely N-dealkylation sites (tertiary alicyclic amines) is 1. The predicted molar refractivity (Wildman–Crippen MR) is 109 cm³/mol. The zero-order valence-corrected chi connectivity index (χ0v) is 17.0. The van der Waals surface area contributed by atoms with Crippen molar-refractivity contribution >= 4 is 29.2 Å². The number of nitrogens with one attached hydrogen (secondary N) is 1. The van der Waals surface area contributed by atoms with Crippen molar-refractivity contribution in [1.29, 1.82) is 0 Å². The number of carbonyl (C=O) groups excluding carboxylic acids is 2. The number of amides is 3. The minimum Gasteiger partial charge on any atom is -0.487 e. The van der Waals surface area contributed by atoms with E-state index in [-0.39, 0.29) is 24.0 Å². The molecular weight excluding hydrogens is 394 g/mol. The smallest absolute Gasteiger partial charge is 0.324 e. The summed E-state index contributed by atoms with van der Waals surface area (Å²) in [6.45, 7) is 3.87. The highest BCUT2D eigenvalue weighted by molar-refractivity contribution is 6.31. The number of halogens is 1. The first-order valence-corrected chi connectivity index (χ1v) is 10.2. The minimum absolute atomic E-state index is 0.00520. The number of benzene rings is 1. The third-order valence-electron chi connectivity index (χ3n) is 5.36. The maximum Gasteiger partial charge on any atom is 0.324 e. The van der Waals surface area contributed by atoms with Crippen LogP contribution >= 0.6 is 11.6 Å². The minimum atomic E-state index is -0.0995. The van der Waals surface area contributed by atoms with Gasteiger partial charge in [0.1, 0.15) is 17.6 Å². The van der Waals surface area contributed by atoms with E-state index in [9.17, 15) is 9.59 Å². The molecule has 0 bridgehead atoms. The highest BCUT2D eigenvalue weighted by Crippen LogP contribution is 2.36. The van der Waals surface area contributed by atoms with Gasteiger partial charge < -0.3 is 19.4 Å². The number of nitrogens with zero attached hydrogens (tertiary/aromatic N) is 2. The van der Waals surface area contributed by atoms with E-state index in [1.807, 2.05) is 13.0 Å². The van der Waals surface area contributed by atoms with Gasteiger partial charge in [0.25, 0.3) is 0 Å². The van der Waals surface area contributed by atoms with E-state index < -0.39 is 0 Å². The molecule has 1 saturated heterocycles. The van der Waals surface area contributed by atoms with Crippen LogP contribution in [0.2, 0.25) is 5.02 Å². The Morgan fingerprint density at radius 3 is 2.76 bits per heavy atom. The molecular formula is C21H24ClN3O4. The molecule has 3 heterocycles. The highest BCUT2D eigenvalue weighted by Gasteiger charge is 2.34. The third-order valence-corrected chi connectivity index (χ3v) is 5.60. The third kappa shape index (κ3) is 4.34. The number of furan rings is 1. The maximum absolute atomic E-state index is 13.2. The maximum atomic E-state index is 13.2. The number of rotatable bonds is 3. The van der Waals surface area contributed by atoms with E-state index in [0.717, 1.165) is 5.76 Å². The SMILES string of the molecule is CC1CN(C(=O)N2CCC(C(=O)NCc3ccco3)CC2)c2cc(Cl)ccc2O1. The van der Waals surface area contributed by atoms with Crippen LogP contribution in [0, 0.1) is 5.92 Å². The summed E-state index contributed by atoms with van der Waals surface area (Å²) in [7, 11) is 0. The van der Waals surface area contributed by atoms with Gasteiger partial charge in [0, 0.05) is 24.0 Å². The Bertz CT molecular complexity index is 878. The van der Waals surface area contributed by atoms with Gasteiger partial charge >= 0.3 is 6.03 Å². The molecule has 1 fully saturated rings. The normalized spacial score (nSPS) is 19.4. The molecule has 2 aromatic rings. The fourth-order valence-corrected chi connectivity index (χ4v) is 3.99. The number of carbonyl (C=O) groups is 2. The van der Waals surface area contributed by atoms with E-state index >= 15 is 0 Å². The van der Waals surface area contributed by atoms with Crippen LogP contribution in [0.3, 0.4) is 0 Å². The van der Waals surface area contributed by atoms with Crippen LogP contribution in [0.15, 0.2) is 41.0 Å². The van der Waals surface area contributed by atoms with Crippen molar-refractivity contribution in [2.75, 3.05) is 24.5 Å². The Labute approximate surface area is 174 Å². The molecule has 1 N–H and O–H groups in total.